The summed E-state index contributed by atoms with van der Waals surface area (Å²) in [5.74, 6) is -0.775. The normalized spacial score (nSPS) is 13.1. The number of amides is 2. The van der Waals surface area contributed by atoms with E-state index in [4.69, 9.17) is 11.6 Å². The van der Waals surface area contributed by atoms with Crippen molar-refractivity contribution in [1.29, 1.82) is 0 Å². The highest BCUT2D eigenvalue weighted by atomic mass is 35.5. The quantitative estimate of drug-likeness (QED) is 0.339. The van der Waals surface area contributed by atoms with Gasteiger partial charge in [0.15, 0.2) is 0 Å². The van der Waals surface area contributed by atoms with Crippen LogP contribution in [0.4, 0.5) is 0 Å². The molecule has 0 aliphatic heterocycles. The third kappa shape index (κ3) is 8.39. The largest absolute Gasteiger partial charge is 0.352 e. The number of sulfonamides is 1. The third-order valence-corrected chi connectivity index (χ3v) is 8.69. The minimum Gasteiger partial charge on any atom is -0.352 e. The lowest BCUT2D eigenvalue weighted by Crippen LogP contribution is -2.54. The molecule has 1 N–H and O–H groups in total. The number of nitrogens with zero attached hydrogens (tertiary/aromatic N) is 2. The van der Waals surface area contributed by atoms with Gasteiger partial charge in [-0.1, -0.05) is 78.7 Å². The minimum atomic E-state index is -3.92. The summed E-state index contributed by atoms with van der Waals surface area (Å²) in [5.41, 5.74) is 2.58. The molecule has 2 unspecified atom stereocenters. The fourth-order valence-electron chi connectivity index (χ4n) is 4.04. The van der Waals surface area contributed by atoms with Gasteiger partial charge in [0.2, 0.25) is 21.8 Å². The summed E-state index contributed by atoms with van der Waals surface area (Å²) in [6.45, 7) is 5.44. The molecule has 0 aliphatic rings. The molecule has 0 spiro atoms. The van der Waals surface area contributed by atoms with Crippen LogP contribution < -0.4 is 5.32 Å². The van der Waals surface area contributed by atoms with Gasteiger partial charge < -0.3 is 10.2 Å². The Bertz CT molecular complexity index is 1350. The van der Waals surface area contributed by atoms with E-state index in [0.29, 0.717) is 5.02 Å². The first-order valence-electron chi connectivity index (χ1n) is 12.9. The second-order valence-electron chi connectivity index (χ2n) is 9.75. The maximum atomic E-state index is 13.9. The molecule has 0 aromatic heterocycles. The molecule has 0 heterocycles. The van der Waals surface area contributed by atoms with E-state index in [1.165, 1.54) is 24.1 Å². The van der Waals surface area contributed by atoms with E-state index in [1.807, 2.05) is 51.1 Å². The summed E-state index contributed by atoms with van der Waals surface area (Å²) in [7, 11) is -2.55. The molecule has 3 aromatic carbocycles. The van der Waals surface area contributed by atoms with Gasteiger partial charge in [0.05, 0.1) is 11.4 Å². The molecule has 2 atom stereocenters. The van der Waals surface area contributed by atoms with Crippen LogP contribution in [0.25, 0.3) is 0 Å². The fraction of sp³-hybridized carbons (Fsp3) is 0.333. The molecule has 0 aliphatic carbocycles. The molecular formula is C30H36ClN3O4S. The number of aryl methyl sites for hydroxylation is 1. The third-order valence-electron chi connectivity index (χ3n) is 6.63. The Labute approximate surface area is 236 Å². The summed E-state index contributed by atoms with van der Waals surface area (Å²) in [4.78, 5) is 29.0. The standard InChI is InChI=1S/C30H36ClN3O4S/c1-5-23(3)32-30(36)28(19-24-9-7-6-8-10-24)34(20-25-13-15-26(31)16-14-25)29(35)21-33(4)39(37,38)27-17-11-22(2)12-18-27/h6-18,23,28H,5,19-21H2,1-4H3,(H,32,36). The maximum Gasteiger partial charge on any atom is 0.243 e. The molecule has 3 aromatic rings. The second kappa shape index (κ2) is 13.7. The van der Waals surface area contributed by atoms with Crippen molar-refractivity contribution in [2.24, 2.45) is 0 Å². The van der Waals surface area contributed by atoms with Gasteiger partial charge in [-0.3, -0.25) is 9.59 Å². The zero-order chi connectivity index (χ0) is 28.6. The Morgan fingerprint density at radius 2 is 1.54 bits per heavy atom. The molecule has 0 bridgehead atoms. The number of hydrogen-bond acceptors (Lipinski definition) is 4. The zero-order valence-corrected chi connectivity index (χ0v) is 24.4. The first-order chi connectivity index (χ1) is 18.5. The highest BCUT2D eigenvalue weighted by Crippen LogP contribution is 2.19. The van der Waals surface area contributed by atoms with Gasteiger partial charge in [-0.25, -0.2) is 8.42 Å². The molecular weight excluding hydrogens is 534 g/mol. The summed E-state index contributed by atoms with van der Waals surface area (Å²) in [6, 6.07) is 22.0. The number of hydrogen-bond donors (Lipinski definition) is 1. The summed E-state index contributed by atoms with van der Waals surface area (Å²) in [6.07, 6.45) is 1.00. The van der Waals surface area contributed by atoms with E-state index < -0.39 is 28.5 Å². The molecule has 9 heteroatoms. The van der Waals surface area contributed by atoms with Crippen LogP contribution in [0.5, 0.6) is 0 Å². The number of carbonyl (C=O) groups is 2. The number of carbonyl (C=O) groups excluding carboxylic acids is 2. The Morgan fingerprint density at radius 3 is 2.13 bits per heavy atom. The monoisotopic (exact) mass is 569 g/mol. The summed E-state index contributed by atoms with van der Waals surface area (Å²) in [5, 5.41) is 3.56. The topological polar surface area (TPSA) is 86.8 Å². The van der Waals surface area contributed by atoms with E-state index in [9.17, 15) is 18.0 Å². The molecule has 2 amide bonds. The molecule has 208 valence electrons. The Morgan fingerprint density at radius 1 is 0.923 bits per heavy atom. The van der Waals surface area contributed by atoms with Crippen LogP contribution in [0.1, 0.15) is 37.0 Å². The highest BCUT2D eigenvalue weighted by molar-refractivity contribution is 7.89. The second-order valence-corrected chi connectivity index (χ2v) is 12.2. The Hall–Kier alpha value is -3.20. The molecule has 0 radical (unpaired) electrons. The van der Waals surface area contributed by atoms with Crippen LogP contribution in [0.3, 0.4) is 0 Å². The molecule has 3 rings (SSSR count). The number of likely N-dealkylation sites (N-methyl/N-ethyl adjacent to an activating group) is 1. The van der Waals surface area contributed by atoms with Crippen LogP contribution in [-0.4, -0.2) is 55.1 Å². The molecule has 39 heavy (non-hydrogen) atoms. The fourth-order valence-corrected chi connectivity index (χ4v) is 5.28. The van der Waals surface area contributed by atoms with Crippen LogP contribution >= 0.6 is 11.6 Å². The summed E-state index contributed by atoms with van der Waals surface area (Å²) < 4.78 is 27.5. The predicted molar refractivity (Wildman–Crippen MR) is 155 cm³/mol. The van der Waals surface area contributed by atoms with E-state index in [1.54, 1.807) is 36.4 Å². The van der Waals surface area contributed by atoms with Crippen molar-refractivity contribution in [3.63, 3.8) is 0 Å². The van der Waals surface area contributed by atoms with Crippen molar-refractivity contribution in [2.45, 2.75) is 57.1 Å². The lowest BCUT2D eigenvalue weighted by atomic mass is 10.0. The zero-order valence-electron chi connectivity index (χ0n) is 22.8. The number of nitrogens with one attached hydrogen (secondary N) is 1. The number of halogens is 1. The SMILES string of the molecule is CCC(C)NC(=O)C(Cc1ccccc1)N(Cc1ccc(Cl)cc1)C(=O)CN(C)S(=O)(=O)c1ccc(C)cc1. The highest BCUT2D eigenvalue weighted by Gasteiger charge is 2.33. The first kappa shape index (κ1) is 30.3. The van der Waals surface area contributed by atoms with Crippen molar-refractivity contribution in [1.82, 2.24) is 14.5 Å². The van der Waals surface area contributed by atoms with Gasteiger partial charge in [-0.15, -0.1) is 0 Å². The van der Waals surface area contributed by atoms with E-state index in [2.05, 4.69) is 5.32 Å². The van der Waals surface area contributed by atoms with Crippen LogP contribution in [0.15, 0.2) is 83.8 Å². The predicted octanol–water partition coefficient (Wildman–Crippen LogP) is 4.82. The Kier molecular flexibility index (Phi) is 10.7. The van der Waals surface area contributed by atoms with Gasteiger partial charge in [-0.2, -0.15) is 4.31 Å². The number of rotatable bonds is 12. The van der Waals surface area contributed by atoms with Crippen molar-refractivity contribution in [2.75, 3.05) is 13.6 Å². The lowest BCUT2D eigenvalue weighted by Gasteiger charge is -2.33. The Balaban J connectivity index is 1.97. The van der Waals surface area contributed by atoms with Crippen LogP contribution in [0, 0.1) is 6.92 Å². The average molecular weight is 570 g/mol. The van der Waals surface area contributed by atoms with Gasteiger partial charge in [0.1, 0.15) is 6.04 Å². The van der Waals surface area contributed by atoms with Crippen molar-refractivity contribution in [3.05, 3.63) is 101 Å². The average Bonchev–Trinajstić information content (AvgIpc) is 2.92. The van der Waals surface area contributed by atoms with Gasteiger partial charge in [-0.05, 0) is 55.7 Å². The molecule has 0 saturated heterocycles. The molecule has 0 fully saturated rings. The van der Waals surface area contributed by atoms with Crippen LogP contribution in [-0.2, 0) is 32.6 Å². The van der Waals surface area contributed by atoms with Crippen molar-refractivity contribution in [3.8, 4) is 0 Å². The van der Waals surface area contributed by atoms with Gasteiger partial charge >= 0.3 is 0 Å². The lowest BCUT2D eigenvalue weighted by molar-refractivity contribution is -0.141. The summed E-state index contributed by atoms with van der Waals surface area (Å²) >= 11 is 6.07. The van der Waals surface area contributed by atoms with Crippen LogP contribution in [0.2, 0.25) is 5.02 Å². The first-order valence-corrected chi connectivity index (χ1v) is 14.7. The van der Waals surface area contributed by atoms with E-state index in [0.717, 1.165) is 27.4 Å². The van der Waals surface area contributed by atoms with E-state index >= 15 is 0 Å². The van der Waals surface area contributed by atoms with E-state index in [-0.39, 0.29) is 29.8 Å². The molecule has 0 saturated carbocycles. The number of benzene rings is 3. The van der Waals surface area contributed by atoms with Gasteiger partial charge in [0.25, 0.3) is 0 Å². The minimum absolute atomic E-state index is 0.0900. The smallest absolute Gasteiger partial charge is 0.243 e. The van der Waals surface area contributed by atoms with Crippen molar-refractivity contribution >= 4 is 33.4 Å². The maximum absolute atomic E-state index is 13.9. The van der Waals surface area contributed by atoms with Crippen molar-refractivity contribution < 1.29 is 18.0 Å². The van der Waals surface area contributed by atoms with Gasteiger partial charge in [0, 0.05) is 31.1 Å². The molecule has 7 nitrogen and oxygen atoms in total.